The molecule has 0 bridgehead atoms. The first-order valence-corrected chi connectivity index (χ1v) is 7.03. The Kier molecular flexibility index (Phi) is 3.49. The molecular weight excluding hydrogens is 286 g/mol. The second kappa shape index (κ2) is 4.96. The maximum atomic E-state index is 12.1. The fraction of sp³-hybridized carbons (Fsp3) is 0.300. The predicted octanol–water partition coefficient (Wildman–Crippen LogP) is -0.190. The summed E-state index contributed by atoms with van der Waals surface area (Å²) >= 11 is 0. The molecule has 0 saturated carbocycles. The van der Waals surface area contributed by atoms with E-state index in [0.29, 0.717) is 11.4 Å². The standard InChI is InChI=1S/C10H13N5O4S/c1-7-9(5-14(2)12-7)13-20(18,19)8-3-11-15(4-8)6-10(16)17/h3-5,13H,6H2,1-2H3,(H,16,17). The van der Waals surface area contributed by atoms with Crippen LogP contribution in [0, 0.1) is 6.92 Å². The van der Waals surface area contributed by atoms with Crippen molar-refractivity contribution in [3.05, 3.63) is 24.3 Å². The third kappa shape index (κ3) is 2.96. The number of nitrogens with zero attached hydrogens (tertiary/aromatic N) is 4. The number of rotatable bonds is 5. The van der Waals surface area contributed by atoms with Crippen molar-refractivity contribution in [1.29, 1.82) is 0 Å². The molecule has 0 atom stereocenters. The molecule has 0 unspecified atom stereocenters. The zero-order chi connectivity index (χ0) is 14.9. The van der Waals surface area contributed by atoms with Crippen molar-refractivity contribution in [2.24, 2.45) is 7.05 Å². The average Bonchev–Trinajstić information content (AvgIpc) is 2.86. The molecule has 2 rings (SSSR count). The lowest BCUT2D eigenvalue weighted by molar-refractivity contribution is -0.137. The van der Waals surface area contributed by atoms with Crippen LogP contribution in [0.4, 0.5) is 5.69 Å². The molecule has 2 aromatic rings. The Balaban J connectivity index is 2.24. The van der Waals surface area contributed by atoms with Crippen molar-refractivity contribution in [3.63, 3.8) is 0 Å². The van der Waals surface area contributed by atoms with E-state index in [1.807, 2.05) is 0 Å². The lowest BCUT2D eigenvalue weighted by Gasteiger charge is -2.03. The Morgan fingerprint density at radius 1 is 1.45 bits per heavy atom. The first-order chi connectivity index (χ1) is 9.28. The van der Waals surface area contributed by atoms with Crippen molar-refractivity contribution in [1.82, 2.24) is 19.6 Å². The summed E-state index contributed by atoms with van der Waals surface area (Å²) in [6.07, 6.45) is 3.79. The third-order valence-corrected chi connectivity index (χ3v) is 3.79. The molecule has 10 heteroatoms. The van der Waals surface area contributed by atoms with E-state index in [0.717, 1.165) is 17.1 Å². The Labute approximate surface area is 114 Å². The largest absolute Gasteiger partial charge is 0.480 e. The topological polar surface area (TPSA) is 119 Å². The van der Waals surface area contributed by atoms with E-state index >= 15 is 0 Å². The molecule has 0 aliphatic carbocycles. The molecule has 0 aliphatic rings. The summed E-state index contributed by atoms with van der Waals surface area (Å²) in [7, 11) is -2.14. The van der Waals surface area contributed by atoms with Crippen molar-refractivity contribution in [2.45, 2.75) is 18.4 Å². The van der Waals surface area contributed by atoms with Gasteiger partial charge in [0.05, 0.1) is 17.6 Å². The molecule has 2 aromatic heterocycles. The third-order valence-electron chi connectivity index (χ3n) is 2.47. The van der Waals surface area contributed by atoms with Crippen LogP contribution in [0.5, 0.6) is 0 Å². The van der Waals surface area contributed by atoms with Gasteiger partial charge in [0.2, 0.25) is 0 Å². The van der Waals surface area contributed by atoms with Gasteiger partial charge in [-0.2, -0.15) is 10.2 Å². The van der Waals surface area contributed by atoms with E-state index in [-0.39, 0.29) is 4.90 Å². The molecule has 20 heavy (non-hydrogen) atoms. The maximum Gasteiger partial charge on any atom is 0.325 e. The zero-order valence-electron chi connectivity index (χ0n) is 10.8. The monoisotopic (exact) mass is 299 g/mol. The highest BCUT2D eigenvalue weighted by Crippen LogP contribution is 2.17. The van der Waals surface area contributed by atoms with Crippen LogP contribution in [-0.2, 0) is 28.4 Å². The summed E-state index contributed by atoms with van der Waals surface area (Å²) in [6.45, 7) is 1.27. The van der Waals surface area contributed by atoms with Crippen LogP contribution in [0.25, 0.3) is 0 Å². The van der Waals surface area contributed by atoms with Gasteiger partial charge in [-0.25, -0.2) is 8.42 Å². The Hall–Kier alpha value is -2.36. The van der Waals surface area contributed by atoms with E-state index < -0.39 is 22.5 Å². The van der Waals surface area contributed by atoms with Crippen LogP contribution >= 0.6 is 0 Å². The number of carboxylic acid groups (broad SMARTS) is 1. The van der Waals surface area contributed by atoms with E-state index in [1.54, 1.807) is 14.0 Å². The van der Waals surface area contributed by atoms with Gasteiger partial charge in [0.25, 0.3) is 10.0 Å². The number of hydrogen-bond acceptors (Lipinski definition) is 5. The van der Waals surface area contributed by atoms with Crippen molar-refractivity contribution in [2.75, 3.05) is 4.72 Å². The minimum atomic E-state index is -3.82. The number of aromatic nitrogens is 4. The molecule has 2 heterocycles. The summed E-state index contributed by atoms with van der Waals surface area (Å²) in [5.41, 5.74) is 0.896. The lowest BCUT2D eigenvalue weighted by Crippen LogP contribution is -2.13. The van der Waals surface area contributed by atoms with Crippen LogP contribution in [0.2, 0.25) is 0 Å². The number of sulfonamides is 1. The predicted molar refractivity (Wildman–Crippen MR) is 68.6 cm³/mol. The number of anilines is 1. The molecule has 108 valence electrons. The molecule has 0 aromatic carbocycles. The van der Waals surface area contributed by atoms with Gasteiger partial charge in [-0.15, -0.1) is 0 Å². The summed E-state index contributed by atoms with van der Waals surface area (Å²) in [5, 5.41) is 16.3. The second-order valence-electron chi connectivity index (χ2n) is 4.17. The number of hydrogen-bond donors (Lipinski definition) is 2. The van der Waals surface area contributed by atoms with Gasteiger partial charge < -0.3 is 5.11 Å². The van der Waals surface area contributed by atoms with Crippen LogP contribution in [0.1, 0.15) is 5.69 Å². The van der Waals surface area contributed by atoms with E-state index in [9.17, 15) is 13.2 Å². The van der Waals surface area contributed by atoms with Gasteiger partial charge in [0, 0.05) is 19.4 Å². The first kappa shape index (κ1) is 14.1. The van der Waals surface area contributed by atoms with Crippen molar-refractivity contribution < 1.29 is 18.3 Å². The molecule has 0 amide bonds. The van der Waals surface area contributed by atoms with E-state index in [4.69, 9.17) is 5.11 Å². The number of nitrogens with one attached hydrogen (secondary N) is 1. The highest BCUT2D eigenvalue weighted by Gasteiger charge is 2.19. The van der Waals surface area contributed by atoms with Gasteiger partial charge in [-0.3, -0.25) is 18.9 Å². The smallest absolute Gasteiger partial charge is 0.325 e. The Morgan fingerprint density at radius 2 is 2.15 bits per heavy atom. The van der Waals surface area contributed by atoms with Gasteiger partial charge in [-0.1, -0.05) is 0 Å². The summed E-state index contributed by atoms with van der Waals surface area (Å²) < 4.78 is 29.1. The van der Waals surface area contributed by atoms with E-state index in [2.05, 4.69) is 14.9 Å². The van der Waals surface area contributed by atoms with Gasteiger partial charge in [0.15, 0.2) is 0 Å². The number of carbonyl (C=O) groups is 1. The van der Waals surface area contributed by atoms with Gasteiger partial charge in [-0.05, 0) is 6.92 Å². The van der Waals surface area contributed by atoms with Crippen LogP contribution in [0.15, 0.2) is 23.5 Å². The zero-order valence-corrected chi connectivity index (χ0v) is 11.6. The van der Waals surface area contributed by atoms with Crippen LogP contribution in [0.3, 0.4) is 0 Å². The van der Waals surface area contributed by atoms with Crippen LogP contribution < -0.4 is 4.72 Å². The molecule has 0 radical (unpaired) electrons. The molecular formula is C10H13N5O4S. The van der Waals surface area contributed by atoms with Crippen molar-refractivity contribution in [3.8, 4) is 0 Å². The van der Waals surface area contributed by atoms with Crippen molar-refractivity contribution >= 4 is 21.7 Å². The highest BCUT2D eigenvalue weighted by atomic mass is 32.2. The average molecular weight is 299 g/mol. The molecule has 0 spiro atoms. The summed E-state index contributed by atoms with van der Waals surface area (Å²) in [5.74, 6) is -1.10. The fourth-order valence-corrected chi connectivity index (χ4v) is 2.67. The number of aliphatic carboxylic acids is 1. The van der Waals surface area contributed by atoms with Gasteiger partial charge in [0.1, 0.15) is 11.4 Å². The second-order valence-corrected chi connectivity index (χ2v) is 5.86. The fourth-order valence-electron chi connectivity index (χ4n) is 1.61. The first-order valence-electron chi connectivity index (χ1n) is 5.55. The van der Waals surface area contributed by atoms with Gasteiger partial charge >= 0.3 is 5.97 Å². The van der Waals surface area contributed by atoms with E-state index in [1.165, 1.54) is 10.9 Å². The summed E-state index contributed by atoms with van der Waals surface area (Å²) in [6, 6.07) is 0. The molecule has 0 saturated heterocycles. The maximum absolute atomic E-state index is 12.1. The highest BCUT2D eigenvalue weighted by molar-refractivity contribution is 7.92. The Morgan fingerprint density at radius 3 is 2.70 bits per heavy atom. The Bertz CT molecular complexity index is 746. The molecule has 0 aliphatic heterocycles. The quantitative estimate of drug-likeness (QED) is 0.789. The minimum Gasteiger partial charge on any atom is -0.480 e. The number of aryl methyl sites for hydroxylation is 2. The lowest BCUT2D eigenvalue weighted by atomic mass is 10.4. The molecule has 0 fully saturated rings. The summed E-state index contributed by atoms with van der Waals surface area (Å²) in [4.78, 5) is 10.4. The van der Waals surface area contributed by atoms with Crippen LogP contribution in [-0.4, -0.2) is 39.1 Å². The molecule has 9 nitrogen and oxygen atoms in total. The molecule has 2 N–H and O–H groups in total. The minimum absolute atomic E-state index is 0.109. The SMILES string of the molecule is Cc1nn(C)cc1NS(=O)(=O)c1cnn(CC(=O)O)c1. The normalized spacial score (nSPS) is 11.5. The number of carboxylic acids is 1.